The Bertz CT molecular complexity index is 1040. The summed E-state index contributed by atoms with van der Waals surface area (Å²) in [5.74, 6) is 4.37. The van der Waals surface area contributed by atoms with Gasteiger partial charge in [-0.1, -0.05) is 20.8 Å². The molecule has 4 nitrogen and oxygen atoms in total. The average Bonchev–Trinajstić information content (AvgIpc) is 3.17. The van der Waals surface area contributed by atoms with Gasteiger partial charge in [0.1, 0.15) is 0 Å². The number of rotatable bonds is 12. The van der Waals surface area contributed by atoms with E-state index in [1.807, 2.05) is 0 Å². The van der Waals surface area contributed by atoms with Gasteiger partial charge in [0.25, 0.3) is 0 Å². The van der Waals surface area contributed by atoms with Crippen LogP contribution in [0.4, 0.5) is 0 Å². The van der Waals surface area contributed by atoms with E-state index in [0.29, 0.717) is 34.9 Å². The van der Waals surface area contributed by atoms with Crippen LogP contribution >= 0.6 is 0 Å². The fourth-order valence-electron chi connectivity index (χ4n) is 11.6. The van der Waals surface area contributed by atoms with Gasteiger partial charge < -0.3 is 17.7 Å². The molecule has 0 aliphatic heterocycles. The van der Waals surface area contributed by atoms with Crippen molar-refractivity contribution in [3.05, 3.63) is 0 Å². The fourth-order valence-corrected chi connectivity index (χ4v) is 16.9. The van der Waals surface area contributed by atoms with E-state index < -0.39 is 33.3 Å². The largest absolute Gasteiger partial charge is 0.415 e. The van der Waals surface area contributed by atoms with Gasteiger partial charge in [-0.2, -0.15) is 0 Å². The van der Waals surface area contributed by atoms with Crippen molar-refractivity contribution in [3.63, 3.8) is 0 Å². The second kappa shape index (κ2) is 13.4. The van der Waals surface area contributed by atoms with Crippen molar-refractivity contribution in [2.45, 2.75) is 195 Å². The lowest BCUT2D eigenvalue weighted by Gasteiger charge is -2.64. The maximum atomic E-state index is 7.32. The Morgan fingerprint density at radius 2 is 1.24 bits per heavy atom. The molecule has 0 radical (unpaired) electrons. The van der Waals surface area contributed by atoms with Crippen molar-refractivity contribution in [1.82, 2.24) is 0 Å². The summed E-state index contributed by atoms with van der Waals surface area (Å²) in [5, 5.41) is 0. The van der Waals surface area contributed by atoms with Gasteiger partial charge in [0.15, 0.2) is 33.3 Å². The van der Waals surface area contributed by atoms with Gasteiger partial charge >= 0.3 is 0 Å². The van der Waals surface area contributed by atoms with E-state index in [2.05, 4.69) is 113 Å². The quantitative estimate of drug-likeness (QED) is 0.189. The Hall–Kier alpha value is 0.708. The van der Waals surface area contributed by atoms with Crippen LogP contribution in [0.1, 0.15) is 92.4 Å². The normalized spacial score (nSPS) is 38.9. The molecular weight excluding hydrogens is 633 g/mol. The van der Waals surface area contributed by atoms with Gasteiger partial charge in [0.2, 0.25) is 0 Å². The van der Waals surface area contributed by atoms with Crippen LogP contribution in [-0.2, 0) is 17.7 Å². The van der Waals surface area contributed by atoms with E-state index >= 15 is 0 Å². The standard InChI is InChI=1S/C38H78O4Si4/c1-27(24-34(41-45(12,13)14)36(2,3)42-46(15,16)17)30-18-19-31-35-32(21-23-38(30,31)5)37(4)22-20-29(39-43(6,7)8)25-28(37)26-33(35)40-44(9,10)11/h27-35H,18-26H2,1-17H3/t27?,28-,29+,30?,31?,32?,33?,34+,35?,37?,38?/m0/s1. The van der Waals surface area contributed by atoms with Crippen molar-refractivity contribution in [3.8, 4) is 0 Å². The highest BCUT2D eigenvalue weighted by Crippen LogP contribution is 2.69. The third-order valence-electron chi connectivity index (χ3n) is 12.8. The molecule has 0 bridgehead atoms. The molecule has 4 rings (SSSR count). The summed E-state index contributed by atoms with van der Waals surface area (Å²) in [6, 6.07) is 0. The first kappa shape index (κ1) is 39.5. The second-order valence-corrected chi connectivity index (χ2v) is 39.4. The van der Waals surface area contributed by atoms with E-state index in [9.17, 15) is 0 Å². The molecule has 46 heavy (non-hydrogen) atoms. The Balaban J connectivity index is 1.60. The van der Waals surface area contributed by atoms with Crippen LogP contribution in [0, 0.1) is 46.3 Å². The molecule has 0 spiro atoms. The highest BCUT2D eigenvalue weighted by molar-refractivity contribution is 6.71. The summed E-state index contributed by atoms with van der Waals surface area (Å²) < 4.78 is 28.0. The molecule has 8 heteroatoms. The third-order valence-corrected chi connectivity index (χ3v) is 17.0. The molecule has 0 amide bonds. The first-order valence-corrected chi connectivity index (χ1v) is 33.0. The van der Waals surface area contributed by atoms with Gasteiger partial charge in [-0.25, -0.2) is 0 Å². The number of hydrogen-bond acceptors (Lipinski definition) is 4. The van der Waals surface area contributed by atoms with Gasteiger partial charge in [0.05, 0.1) is 11.7 Å². The Labute approximate surface area is 291 Å². The number of hydrogen-bond donors (Lipinski definition) is 0. The first-order valence-electron chi connectivity index (χ1n) is 19.4. The van der Waals surface area contributed by atoms with Gasteiger partial charge in [-0.15, -0.1) is 0 Å². The van der Waals surface area contributed by atoms with Crippen LogP contribution in [0.3, 0.4) is 0 Å². The molecule has 0 heterocycles. The van der Waals surface area contributed by atoms with Gasteiger partial charge in [-0.05, 0) is 197 Å². The molecule has 8 unspecified atom stereocenters. The van der Waals surface area contributed by atoms with Crippen molar-refractivity contribution in [2.75, 3.05) is 0 Å². The van der Waals surface area contributed by atoms with Crippen LogP contribution in [0.15, 0.2) is 0 Å². The SMILES string of the molecule is CC(C[C@@H](O[Si](C)(C)C)C(C)(C)O[Si](C)(C)C)C1CCC2C3C(O[Si](C)(C)C)C[C@@H]4C[C@H](O[Si](C)(C)C)CCC4(C)C3CCC12C. The van der Waals surface area contributed by atoms with Crippen LogP contribution in [0.2, 0.25) is 78.6 Å². The van der Waals surface area contributed by atoms with Crippen LogP contribution in [-0.4, -0.2) is 57.2 Å². The molecule has 4 saturated carbocycles. The van der Waals surface area contributed by atoms with Gasteiger partial charge in [0, 0.05) is 12.2 Å². The zero-order valence-electron chi connectivity index (χ0n) is 33.7. The molecule has 270 valence electrons. The summed E-state index contributed by atoms with van der Waals surface area (Å²) in [5.41, 5.74) is 0.552. The Morgan fingerprint density at radius 3 is 1.78 bits per heavy atom. The zero-order valence-corrected chi connectivity index (χ0v) is 37.7. The average molecular weight is 711 g/mol. The number of fused-ring (bicyclic) bond motifs is 5. The summed E-state index contributed by atoms with van der Waals surface area (Å²) in [7, 11) is -6.72. The smallest absolute Gasteiger partial charge is 0.184 e. The van der Waals surface area contributed by atoms with E-state index in [-0.39, 0.29) is 11.7 Å². The van der Waals surface area contributed by atoms with Crippen LogP contribution < -0.4 is 0 Å². The van der Waals surface area contributed by atoms with Crippen molar-refractivity contribution in [1.29, 1.82) is 0 Å². The molecule has 0 saturated heterocycles. The van der Waals surface area contributed by atoms with E-state index in [1.165, 1.54) is 51.4 Å². The minimum absolute atomic E-state index is 0.144. The monoisotopic (exact) mass is 710 g/mol. The minimum atomic E-state index is -1.75. The van der Waals surface area contributed by atoms with Crippen LogP contribution in [0.25, 0.3) is 0 Å². The predicted octanol–water partition coefficient (Wildman–Crippen LogP) is 11.6. The van der Waals surface area contributed by atoms with Crippen LogP contribution in [0.5, 0.6) is 0 Å². The molecule has 0 N–H and O–H groups in total. The molecular formula is C38H78O4Si4. The highest BCUT2D eigenvalue weighted by atomic mass is 28.4. The topological polar surface area (TPSA) is 36.9 Å². The minimum Gasteiger partial charge on any atom is -0.415 e. The molecule has 0 aromatic rings. The maximum Gasteiger partial charge on any atom is 0.184 e. The van der Waals surface area contributed by atoms with Crippen molar-refractivity contribution < 1.29 is 17.7 Å². The van der Waals surface area contributed by atoms with Crippen molar-refractivity contribution in [2.24, 2.45) is 46.3 Å². The lowest BCUT2D eigenvalue weighted by atomic mass is 9.43. The molecule has 0 aromatic heterocycles. The highest BCUT2D eigenvalue weighted by Gasteiger charge is 2.64. The second-order valence-electron chi connectivity index (χ2n) is 21.6. The Kier molecular flexibility index (Phi) is 11.5. The van der Waals surface area contributed by atoms with E-state index in [4.69, 9.17) is 17.7 Å². The molecule has 4 aliphatic carbocycles. The molecule has 0 aromatic carbocycles. The Morgan fingerprint density at radius 1 is 0.674 bits per heavy atom. The summed E-state index contributed by atoms with van der Waals surface area (Å²) in [6.07, 6.45) is 12.8. The predicted molar refractivity (Wildman–Crippen MR) is 208 cm³/mol. The summed E-state index contributed by atoms with van der Waals surface area (Å²) in [4.78, 5) is 0. The zero-order chi connectivity index (χ0) is 34.9. The van der Waals surface area contributed by atoms with E-state index in [0.717, 1.165) is 30.1 Å². The summed E-state index contributed by atoms with van der Waals surface area (Å²) in [6.45, 7) is 41.1. The van der Waals surface area contributed by atoms with Crippen molar-refractivity contribution >= 4 is 33.3 Å². The van der Waals surface area contributed by atoms with E-state index in [1.54, 1.807) is 0 Å². The molecule has 4 aliphatic rings. The fraction of sp³-hybridized carbons (Fsp3) is 1.00. The van der Waals surface area contributed by atoms with Gasteiger partial charge in [-0.3, -0.25) is 0 Å². The lowest BCUT2D eigenvalue weighted by molar-refractivity contribution is -0.169. The summed E-state index contributed by atoms with van der Waals surface area (Å²) >= 11 is 0. The molecule has 4 fully saturated rings. The first-order chi connectivity index (χ1) is 20.6. The molecule has 11 atom stereocenters. The lowest BCUT2D eigenvalue weighted by Crippen LogP contribution is -2.60. The maximum absolute atomic E-state index is 7.32. The third kappa shape index (κ3) is 9.13.